The predicted octanol–water partition coefficient (Wildman–Crippen LogP) is 1.47. The van der Waals surface area contributed by atoms with Gasteiger partial charge in [-0.25, -0.2) is 0 Å². The molecule has 0 bridgehead atoms. The van der Waals surface area contributed by atoms with Gasteiger partial charge in [-0.3, -0.25) is 4.79 Å². The van der Waals surface area contributed by atoms with Crippen molar-refractivity contribution in [1.29, 1.82) is 0 Å². The molecule has 1 aromatic carbocycles. The highest BCUT2D eigenvalue weighted by Gasteiger charge is 2.02. The highest BCUT2D eigenvalue weighted by atomic mass is 35.5. The average molecular weight is 228 g/mol. The number of para-hydroxylation sites is 1. The average Bonchev–Trinajstić information content (AvgIpc) is 2.15. The molecule has 0 saturated heterocycles. The molecule has 0 radical (unpaired) electrons. The molecule has 1 amide bonds. The molecule has 0 aromatic heterocycles. The monoisotopic (exact) mass is 227 g/mol. The number of benzene rings is 1. The van der Waals surface area contributed by atoms with Crippen LogP contribution in [0.5, 0.6) is 0 Å². The minimum Gasteiger partial charge on any atom is -0.397 e. The summed E-state index contributed by atoms with van der Waals surface area (Å²) >= 11 is 5.94. The summed E-state index contributed by atoms with van der Waals surface area (Å²) in [6.45, 7) is 2.61. The molecule has 0 aliphatic carbocycles. The Labute approximate surface area is 93.8 Å². The molecule has 5 heteroatoms. The van der Waals surface area contributed by atoms with Crippen LogP contribution in [0, 0.1) is 0 Å². The molecule has 0 aliphatic heterocycles. The summed E-state index contributed by atoms with van der Waals surface area (Å²) in [5.41, 5.74) is 7.04. The predicted molar refractivity (Wildman–Crippen MR) is 63.0 cm³/mol. The van der Waals surface area contributed by atoms with E-state index < -0.39 is 0 Å². The van der Waals surface area contributed by atoms with E-state index in [1.807, 2.05) is 0 Å². The second-order valence-electron chi connectivity index (χ2n) is 3.11. The SMILES string of the molecule is CC(=O)NCCNc1c(N)cccc1Cl. The van der Waals surface area contributed by atoms with Crippen LogP contribution in [0.1, 0.15) is 6.92 Å². The van der Waals surface area contributed by atoms with Crippen LogP contribution in [0.3, 0.4) is 0 Å². The number of carbonyl (C=O) groups excluding carboxylic acids is 1. The number of halogens is 1. The second-order valence-corrected chi connectivity index (χ2v) is 3.52. The summed E-state index contributed by atoms with van der Waals surface area (Å²) in [5.74, 6) is -0.0519. The Balaban J connectivity index is 2.47. The van der Waals surface area contributed by atoms with E-state index >= 15 is 0 Å². The lowest BCUT2D eigenvalue weighted by Crippen LogP contribution is -2.26. The maximum absolute atomic E-state index is 10.6. The van der Waals surface area contributed by atoms with Crippen LogP contribution in [0.4, 0.5) is 11.4 Å². The zero-order valence-electron chi connectivity index (χ0n) is 8.51. The Morgan fingerprint density at radius 3 is 2.80 bits per heavy atom. The van der Waals surface area contributed by atoms with E-state index in [0.717, 1.165) is 0 Å². The minimum atomic E-state index is -0.0519. The van der Waals surface area contributed by atoms with Crippen molar-refractivity contribution in [3.8, 4) is 0 Å². The number of hydrogen-bond donors (Lipinski definition) is 3. The topological polar surface area (TPSA) is 67.2 Å². The lowest BCUT2D eigenvalue weighted by Gasteiger charge is -2.10. The molecule has 0 unspecified atom stereocenters. The normalized spacial score (nSPS) is 9.73. The molecule has 1 rings (SSSR count). The van der Waals surface area contributed by atoms with E-state index in [-0.39, 0.29) is 5.91 Å². The van der Waals surface area contributed by atoms with Gasteiger partial charge in [-0.2, -0.15) is 0 Å². The molecule has 0 heterocycles. The zero-order valence-corrected chi connectivity index (χ0v) is 9.27. The molecule has 4 nitrogen and oxygen atoms in total. The molecule has 1 aromatic rings. The van der Waals surface area contributed by atoms with Gasteiger partial charge < -0.3 is 16.4 Å². The summed E-state index contributed by atoms with van der Waals surface area (Å²) in [7, 11) is 0. The molecule has 15 heavy (non-hydrogen) atoms. The van der Waals surface area contributed by atoms with Gasteiger partial charge in [0.05, 0.1) is 16.4 Å². The Morgan fingerprint density at radius 1 is 1.47 bits per heavy atom. The molecule has 0 atom stereocenters. The van der Waals surface area contributed by atoms with Gasteiger partial charge in [0.2, 0.25) is 5.91 Å². The van der Waals surface area contributed by atoms with E-state index in [4.69, 9.17) is 17.3 Å². The number of nitrogens with one attached hydrogen (secondary N) is 2. The van der Waals surface area contributed by atoms with Crippen LogP contribution in [0.15, 0.2) is 18.2 Å². The summed E-state index contributed by atoms with van der Waals surface area (Å²) in [4.78, 5) is 10.6. The Hall–Kier alpha value is -1.42. The van der Waals surface area contributed by atoms with E-state index in [1.54, 1.807) is 18.2 Å². The van der Waals surface area contributed by atoms with Crippen LogP contribution in [-0.2, 0) is 4.79 Å². The first-order valence-corrected chi connectivity index (χ1v) is 5.01. The maximum Gasteiger partial charge on any atom is 0.216 e. The van der Waals surface area contributed by atoms with Crippen molar-refractivity contribution in [3.05, 3.63) is 23.2 Å². The number of carbonyl (C=O) groups is 1. The van der Waals surface area contributed by atoms with E-state index in [2.05, 4.69) is 10.6 Å². The van der Waals surface area contributed by atoms with Crippen LogP contribution < -0.4 is 16.4 Å². The molecule has 0 fully saturated rings. The van der Waals surface area contributed by atoms with Crippen molar-refractivity contribution in [1.82, 2.24) is 5.32 Å². The van der Waals surface area contributed by atoms with Crippen LogP contribution in [-0.4, -0.2) is 19.0 Å². The number of rotatable bonds is 4. The molecular formula is C10H14ClN3O. The van der Waals surface area contributed by atoms with Gasteiger partial charge in [-0.05, 0) is 12.1 Å². The fourth-order valence-electron chi connectivity index (χ4n) is 1.15. The third kappa shape index (κ3) is 3.67. The van der Waals surface area contributed by atoms with Gasteiger partial charge >= 0.3 is 0 Å². The Bertz CT molecular complexity index is 334. The van der Waals surface area contributed by atoms with E-state index in [0.29, 0.717) is 29.5 Å². The fraction of sp³-hybridized carbons (Fsp3) is 0.300. The van der Waals surface area contributed by atoms with Gasteiger partial charge in [0.25, 0.3) is 0 Å². The van der Waals surface area contributed by atoms with Crippen molar-refractivity contribution < 1.29 is 4.79 Å². The highest BCUT2D eigenvalue weighted by molar-refractivity contribution is 6.33. The summed E-state index contributed by atoms with van der Waals surface area (Å²) in [6, 6.07) is 5.32. The number of hydrogen-bond acceptors (Lipinski definition) is 3. The molecule has 82 valence electrons. The van der Waals surface area contributed by atoms with Gasteiger partial charge in [-0.15, -0.1) is 0 Å². The number of amides is 1. The summed E-state index contributed by atoms with van der Waals surface area (Å²) < 4.78 is 0. The first kappa shape index (κ1) is 11.7. The number of nitrogen functional groups attached to an aromatic ring is 1. The maximum atomic E-state index is 10.6. The highest BCUT2D eigenvalue weighted by Crippen LogP contribution is 2.27. The number of nitrogens with two attached hydrogens (primary N) is 1. The van der Waals surface area contributed by atoms with Gasteiger partial charge in [-0.1, -0.05) is 17.7 Å². The van der Waals surface area contributed by atoms with Crippen LogP contribution in [0.2, 0.25) is 5.02 Å². The van der Waals surface area contributed by atoms with Crippen LogP contribution >= 0.6 is 11.6 Å². The molecule has 0 saturated carbocycles. The lowest BCUT2D eigenvalue weighted by molar-refractivity contribution is -0.118. The minimum absolute atomic E-state index is 0.0519. The van der Waals surface area contributed by atoms with Crippen molar-refractivity contribution in [2.45, 2.75) is 6.92 Å². The van der Waals surface area contributed by atoms with Gasteiger partial charge in [0.15, 0.2) is 0 Å². The lowest BCUT2D eigenvalue weighted by atomic mass is 10.2. The largest absolute Gasteiger partial charge is 0.397 e. The summed E-state index contributed by atoms with van der Waals surface area (Å²) in [6.07, 6.45) is 0. The zero-order chi connectivity index (χ0) is 11.3. The summed E-state index contributed by atoms with van der Waals surface area (Å²) in [5, 5.41) is 6.32. The van der Waals surface area contributed by atoms with Gasteiger partial charge in [0.1, 0.15) is 0 Å². The Morgan fingerprint density at radius 2 is 2.20 bits per heavy atom. The Kier molecular flexibility index (Phi) is 4.24. The van der Waals surface area contributed by atoms with E-state index in [9.17, 15) is 4.79 Å². The van der Waals surface area contributed by atoms with Crippen molar-refractivity contribution in [2.75, 3.05) is 24.1 Å². The third-order valence-corrected chi connectivity index (χ3v) is 2.16. The smallest absolute Gasteiger partial charge is 0.216 e. The number of anilines is 2. The molecule has 0 aliphatic rings. The third-order valence-electron chi connectivity index (χ3n) is 1.85. The van der Waals surface area contributed by atoms with Crippen molar-refractivity contribution in [3.63, 3.8) is 0 Å². The first-order valence-electron chi connectivity index (χ1n) is 4.63. The fourth-order valence-corrected chi connectivity index (χ4v) is 1.40. The molecule has 4 N–H and O–H groups in total. The molecule has 0 spiro atoms. The first-order chi connectivity index (χ1) is 7.11. The quantitative estimate of drug-likeness (QED) is 0.539. The molecular weight excluding hydrogens is 214 g/mol. The van der Waals surface area contributed by atoms with Crippen LogP contribution in [0.25, 0.3) is 0 Å². The standard InChI is InChI=1S/C10H14ClN3O/c1-7(15)13-5-6-14-10-8(11)3-2-4-9(10)12/h2-4,14H,5-6,12H2,1H3,(H,13,15). The van der Waals surface area contributed by atoms with E-state index in [1.165, 1.54) is 6.92 Å². The second kappa shape index (κ2) is 5.46. The van der Waals surface area contributed by atoms with Gasteiger partial charge in [0, 0.05) is 20.0 Å². The van der Waals surface area contributed by atoms with Crippen molar-refractivity contribution in [2.24, 2.45) is 0 Å². The van der Waals surface area contributed by atoms with Crippen molar-refractivity contribution >= 4 is 28.9 Å².